The van der Waals surface area contributed by atoms with E-state index >= 15 is 0 Å². The number of amides is 1. The monoisotopic (exact) mass is 490 g/mol. The van der Waals surface area contributed by atoms with Crippen LogP contribution in [-0.2, 0) is 14.9 Å². The Labute approximate surface area is 205 Å². The number of nitrogens with one attached hydrogen (secondary N) is 1. The van der Waals surface area contributed by atoms with Gasteiger partial charge in [0, 0.05) is 31.6 Å². The smallest absolute Gasteiger partial charge is 0.219 e. The van der Waals surface area contributed by atoms with E-state index in [1.165, 1.54) is 83.5 Å². The fourth-order valence-corrected chi connectivity index (χ4v) is 4.74. The van der Waals surface area contributed by atoms with E-state index in [-0.39, 0.29) is 11.7 Å². The van der Waals surface area contributed by atoms with E-state index in [2.05, 4.69) is 12.2 Å². The van der Waals surface area contributed by atoms with Crippen molar-refractivity contribution >= 4 is 16.0 Å². The molecule has 198 valence electrons. The van der Waals surface area contributed by atoms with Crippen molar-refractivity contribution in [2.45, 2.75) is 122 Å². The molecule has 0 saturated carbocycles. The van der Waals surface area contributed by atoms with Gasteiger partial charge in [0.15, 0.2) is 0 Å². The summed E-state index contributed by atoms with van der Waals surface area (Å²) in [6.45, 7) is 4.41. The molecule has 0 aromatic rings. The molecule has 0 fully saturated rings. The molecule has 0 aliphatic rings. The van der Waals surface area contributed by atoms with E-state index in [0.717, 1.165) is 25.8 Å². The molecular weight excluding hydrogens is 436 g/mol. The summed E-state index contributed by atoms with van der Waals surface area (Å²) in [4.78, 5) is 12.0. The van der Waals surface area contributed by atoms with Crippen LogP contribution in [0.2, 0.25) is 0 Å². The van der Waals surface area contributed by atoms with Crippen molar-refractivity contribution in [2.75, 3.05) is 39.5 Å². The lowest BCUT2D eigenvalue weighted by Gasteiger charge is -2.30. The molecule has 0 aromatic carbocycles. The van der Waals surface area contributed by atoms with Crippen molar-refractivity contribution in [3.63, 3.8) is 0 Å². The minimum Gasteiger partial charge on any atom is -0.748 e. The molecular formula is C26H54N2O4S. The fraction of sp³-hybridized carbons (Fsp3) is 0.962. The van der Waals surface area contributed by atoms with Crippen molar-refractivity contribution < 1.29 is 22.2 Å². The minimum atomic E-state index is -4.13. The van der Waals surface area contributed by atoms with Crippen LogP contribution in [0, 0.1) is 0 Å². The Morgan fingerprint density at radius 1 is 0.697 bits per heavy atom. The van der Waals surface area contributed by atoms with Crippen LogP contribution < -0.4 is 5.32 Å². The second kappa shape index (κ2) is 20.7. The first-order valence-electron chi connectivity index (χ1n) is 13.7. The Bertz CT molecular complexity index is 565. The molecule has 7 heteroatoms. The zero-order valence-corrected chi connectivity index (χ0v) is 22.9. The molecule has 0 spiro atoms. The summed E-state index contributed by atoms with van der Waals surface area (Å²) >= 11 is 0. The maximum Gasteiger partial charge on any atom is 0.219 e. The highest BCUT2D eigenvalue weighted by Crippen LogP contribution is 2.13. The normalized spacial score (nSPS) is 12.2. The quantitative estimate of drug-likeness (QED) is 0.106. The van der Waals surface area contributed by atoms with Crippen molar-refractivity contribution in [1.82, 2.24) is 5.32 Å². The second-order valence-electron chi connectivity index (χ2n) is 10.4. The lowest BCUT2D eigenvalue weighted by atomic mass is 10.0. The molecule has 0 aromatic heterocycles. The average Bonchev–Trinajstić information content (AvgIpc) is 2.73. The largest absolute Gasteiger partial charge is 0.748 e. The molecule has 0 heterocycles. The summed E-state index contributed by atoms with van der Waals surface area (Å²) in [5.74, 6) is -0.169. The molecule has 0 radical (unpaired) electrons. The second-order valence-corrected chi connectivity index (χ2v) is 11.9. The molecule has 0 aliphatic heterocycles. The number of hydrogen-bond donors (Lipinski definition) is 1. The number of rotatable bonds is 24. The molecule has 0 aliphatic carbocycles. The van der Waals surface area contributed by atoms with Crippen molar-refractivity contribution in [3.8, 4) is 0 Å². The van der Waals surface area contributed by atoms with Gasteiger partial charge in [0.2, 0.25) is 5.91 Å². The van der Waals surface area contributed by atoms with Crippen LogP contribution in [0.3, 0.4) is 0 Å². The lowest BCUT2D eigenvalue weighted by molar-refractivity contribution is -0.890. The lowest BCUT2D eigenvalue weighted by Crippen LogP contribution is -2.43. The third-order valence-electron chi connectivity index (χ3n) is 6.43. The summed E-state index contributed by atoms with van der Waals surface area (Å²) in [5.41, 5.74) is 0. The van der Waals surface area contributed by atoms with Gasteiger partial charge in [-0.25, -0.2) is 8.42 Å². The maximum atomic E-state index is 12.0. The van der Waals surface area contributed by atoms with E-state index in [0.29, 0.717) is 30.4 Å². The third-order valence-corrected chi connectivity index (χ3v) is 7.22. The molecule has 33 heavy (non-hydrogen) atoms. The van der Waals surface area contributed by atoms with E-state index in [4.69, 9.17) is 0 Å². The predicted molar refractivity (Wildman–Crippen MR) is 138 cm³/mol. The highest BCUT2D eigenvalue weighted by atomic mass is 32.2. The summed E-state index contributed by atoms with van der Waals surface area (Å²) < 4.78 is 32.7. The predicted octanol–water partition coefficient (Wildman–Crippen LogP) is 5.77. The number of quaternary nitrogens is 1. The van der Waals surface area contributed by atoms with Crippen LogP contribution in [0.5, 0.6) is 0 Å². The summed E-state index contributed by atoms with van der Waals surface area (Å²) in [6, 6.07) is 0. The number of nitrogens with zero attached hydrogens (tertiary/aromatic N) is 1. The standard InChI is InChI=1S/C26H54N2O4S/c1-4-5-6-7-8-9-10-11-12-13-14-15-16-17-18-21-26(29)27-22-19-23-28(2,3)24-20-25-33(30,31)32/h4-25H2,1-3H3,(H-,27,29,30,31,32). The van der Waals surface area contributed by atoms with Gasteiger partial charge in [0.25, 0.3) is 0 Å². The molecule has 1 amide bonds. The maximum absolute atomic E-state index is 12.0. The van der Waals surface area contributed by atoms with Crippen LogP contribution in [0.15, 0.2) is 0 Å². The van der Waals surface area contributed by atoms with Crippen molar-refractivity contribution in [3.05, 3.63) is 0 Å². The van der Waals surface area contributed by atoms with E-state index in [9.17, 15) is 17.8 Å². The van der Waals surface area contributed by atoms with Crippen LogP contribution in [-0.4, -0.2) is 62.8 Å². The van der Waals surface area contributed by atoms with Crippen LogP contribution in [0.25, 0.3) is 0 Å². The molecule has 0 saturated heterocycles. The summed E-state index contributed by atoms with van der Waals surface area (Å²) in [5, 5.41) is 2.99. The van der Waals surface area contributed by atoms with E-state index in [1.54, 1.807) is 0 Å². The number of hydrogen-bond acceptors (Lipinski definition) is 4. The summed E-state index contributed by atoms with van der Waals surface area (Å²) in [6.07, 6.45) is 21.7. The molecule has 0 atom stereocenters. The zero-order valence-electron chi connectivity index (χ0n) is 22.0. The van der Waals surface area contributed by atoms with Crippen molar-refractivity contribution in [1.29, 1.82) is 0 Å². The molecule has 6 nitrogen and oxygen atoms in total. The Balaban J connectivity index is 3.41. The van der Waals surface area contributed by atoms with Crippen LogP contribution in [0.1, 0.15) is 122 Å². The molecule has 0 rings (SSSR count). The van der Waals surface area contributed by atoms with Gasteiger partial charge < -0.3 is 14.4 Å². The Morgan fingerprint density at radius 3 is 1.58 bits per heavy atom. The van der Waals surface area contributed by atoms with Gasteiger partial charge >= 0.3 is 0 Å². The van der Waals surface area contributed by atoms with Gasteiger partial charge in [-0.1, -0.05) is 96.8 Å². The number of carbonyl (C=O) groups is 1. The first kappa shape index (κ1) is 32.3. The van der Waals surface area contributed by atoms with Gasteiger partial charge in [-0.3, -0.25) is 4.79 Å². The van der Waals surface area contributed by atoms with Crippen molar-refractivity contribution in [2.24, 2.45) is 0 Å². The molecule has 0 bridgehead atoms. The Hall–Kier alpha value is -0.660. The van der Waals surface area contributed by atoms with Gasteiger partial charge in [-0.05, 0) is 6.42 Å². The molecule has 1 N–H and O–H groups in total. The Morgan fingerprint density at radius 2 is 1.12 bits per heavy atom. The van der Waals surface area contributed by atoms with E-state index in [1.807, 2.05) is 14.1 Å². The Kier molecular flexibility index (Phi) is 20.3. The first-order valence-corrected chi connectivity index (χ1v) is 15.3. The topological polar surface area (TPSA) is 86.3 Å². The number of unbranched alkanes of at least 4 members (excludes halogenated alkanes) is 14. The van der Waals surface area contributed by atoms with Gasteiger partial charge in [-0.15, -0.1) is 0 Å². The highest BCUT2D eigenvalue weighted by molar-refractivity contribution is 7.85. The van der Waals surface area contributed by atoms with Crippen LogP contribution in [0.4, 0.5) is 0 Å². The van der Waals surface area contributed by atoms with E-state index < -0.39 is 10.1 Å². The van der Waals surface area contributed by atoms with Gasteiger partial charge in [0.05, 0.1) is 37.3 Å². The fourth-order valence-electron chi connectivity index (χ4n) is 4.26. The highest BCUT2D eigenvalue weighted by Gasteiger charge is 2.15. The zero-order chi connectivity index (χ0) is 24.8. The number of carbonyl (C=O) groups excluding carboxylic acids is 1. The van der Waals surface area contributed by atoms with Gasteiger partial charge in [-0.2, -0.15) is 0 Å². The first-order chi connectivity index (χ1) is 15.7. The third kappa shape index (κ3) is 25.8. The SMILES string of the molecule is CCCCCCCCCCCCCCCCCC(=O)NCCC[N+](C)(C)CCCS(=O)(=O)[O-]. The van der Waals surface area contributed by atoms with Crippen LogP contribution >= 0.6 is 0 Å². The minimum absolute atomic E-state index is 0.132. The average molecular weight is 491 g/mol. The van der Waals surface area contributed by atoms with Gasteiger partial charge in [0.1, 0.15) is 0 Å². The summed E-state index contributed by atoms with van der Waals surface area (Å²) in [7, 11) is -0.0807. The molecule has 0 unspecified atom stereocenters.